The molecule has 144 valence electrons. The van der Waals surface area contributed by atoms with Crippen LogP contribution in [0.4, 0.5) is 0 Å². The first-order valence-electron chi connectivity index (χ1n) is 9.55. The molecule has 0 aliphatic carbocycles. The molecule has 0 aromatic heterocycles. The SMILES string of the molecule is Cc1ccc(C2=NN(CC(=O)N3CCC4(CC3)OCCO4)C(=O)CC2)cc1. The minimum atomic E-state index is -0.505. The molecule has 7 heteroatoms. The van der Waals surface area contributed by atoms with Gasteiger partial charge in [0.1, 0.15) is 6.54 Å². The number of nitrogens with zero attached hydrogens (tertiary/aromatic N) is 3. The first-order chi connectivity index (χ1) is 13.0. The van der Waals surface area contributed by atoms with E-state index >= 15 is 0 Å². The zero-order valence-electron chi connectivity index (χ0n) is 15.6. The maximum absolute atomic E-state index is 12.7. The highest BCUT2D eigenvalue weighted by molar-refractivity contribution is 6.04. The van der Waals surface area contributed by atoms with Crippen LogP contribution in [0.15, 0.2) is 29.4 Å². The Balaban J connectivity index is 1.40. The molecule has 4 rings (SSSR count). The van der Waals surface area contributed by atoms with Gasteiger partial charge in [-0.2, -0.15) is 5.10 Å². The lowest BCUT2D eigenvalue weighted by molar-refractivity contribution is -0.187. The van der Waals surface area contributed by atoms with Crippen LogP contribution in [0.25, 0.3) is 0 Å². The topological polar surface area (TPSA) is 71.4 Å². The van der Waals surface area contributed by atoms with Crippen molar-refractivity contribution in [1.29, 1.82) is 0 Å². The number of aryl methyl sites for hydroxylation is 1. The van der Waals surface area contributed by atoms with Gasteiger partial charge in [-0.1, -0.05) is 29.8 Å². The van der Waals surface area contributed by atoms with Crippen LogP contribution in [0.1, 0.15) is 36.8 Å². The van der Waals surface area contributed by atoms with Crippen molar-refractivity contribution in [3.05, 3.63) is 35.4 Å². The van der Waals surface area contributed by atoms with Crippen LogP contribution >= 0.6 is 0 Å². The highest BCUT2D eigenvalue weighted by Crippen LogP contribution is 2.31. The van der Waals surface area contributed by atoms with Gasteiger partial charge in [0.2, 0.25) is 11.8 Å². The Kier molecular flexibility index (Phi) is 4.97. The van der Waals surface area contributed by atoms with E-state index in [1.165, 1.54) is 10.6 Å². The summed E-state index contributed by atoms with van der Waals surface area (Å²) in [4.78, 5) is 26.7. The summed E-state index contributed by atoms with van der Waals surface area (Å²) < 4.78 is 11.4. The van der Waals surface area contributed by atoms with Crippen LogP contribution in [0.2, 0.25) is 0 Å². The summed E-state index contributed by atoms with van der Waals surface area (Å²) in [6.07, 6.45) is 2.33. The molecule has 27 heavy (non-hydrogen) atoms. The van der Waals surface area contributed by atoms with Crippen LogP contribution < -0.4 is 0 Å². The van der Waals surface area contributed by atoms with Gasteiger partial charge in [-0.05, 0) is 12.5 Å². The smallest absolute Gasteiger partial charge is 0.244 e. The lowest BCUT2D eigenvalue weighted by Gasteiger charge is -2.38. The summed E-state index contributed by atoms with van der Waals surface area (Å²) in [7, 11) is 0. The Morgan fingerprint density at radius 3 is 2.44 bits per heavy atom. The molecule has 2 saturated heterocycles. The molecular weight excluding hydrogens is 346 g/mol. The van der Waals surface area contributed by atoms with E-state index < -0.39 is 5.79 Å². The Morgan fingerprint density at radius 1 is 1.11 bits per heavy atom. The van der Waals surface area contributed by atoms with Crippen molar-refractivity contribution in [3.63, 3.8) is 0 Å². The lowest BCUT2D eigenvalue weighted by atomic mass is 10.0. The average Bonchev–Trinajstić information content (AvgIpc) is 3.13. The van der Waals surface area contributed by atoms with E-state index in [4.69, 9.17) is 9.47 Å². The van der Waals surface area contributed by atoms with Crippen LogP contribution in [-0.2, 0) is 19.1 Å². The molecule has 3 aliphatic rings. The summed E-state index contributed by atoms with van der Waals surface area (Å²) in [5, 5.41) is 5.80. The molecule has 0 atom stereocenters. The summed E-state index contributed by atoms with van der Waals surface area (Å²) in [5.74, 6) is -0.686. The standard InChI is InChI=1S/C20H25N3O4/c1-15-2-4-16(5-3-15)17-6-7-18(24)23(21-17)14-19(25)22-10-8-20(9-11-22)26-12-13-27-20/h2-5H,6-14H2,1H3. The Hall–Kier alpha value is -2.25. The average molecular weight is 371 g/mol. The number of hydrazone groups is 1. The van der Waals surface area contributed by atoms with E-state index in [0.29, 0.717) is 52.0 Å². The minimum absolute atomic E-state index is 0.0110. The number of amides is 2. The lowest BCUT2D eigenvalue weighted by Crippen LogP contribution is -2.50. The third-order valence-corrected chi connectivity index (χ3v) is 5.47. The number of likely N-dealkylation sites (tertiary alicyclic amines) is 1. The fraction of sp³-hybridized carbons (Fsp3) is 0.550. The van der Waals surface area contributed by atoms with Gasteiger partial charge in [0, 0.05) is 38.8 Å². The van der Waals surface area contributed by atoms with E-state index in [0.717, 1.165) is 11.3 Å². The molecule has 0 N–H and O–H groups in total. The van der Waals surface area contributed by atoms with Crippen LogP contribution in [-0.4, -0.2) is 66.1 Å². The van der Waals surface area contributed by atoms with Gasteiger partial charge in [-0.25, -0.2) is 5.01 Å². The number of ether oxygens (including phenoxy) is 2. The monoisotopic (exact) mass is 371 g/mol. The fourth-order valence-electron chi connectivity index (χ4n) is 3.79. The van der Waals surface area contributed by atoms with Crippen molar-refractivity contribution in [2.24, 2.45) is 5.10 Å². The maximum Gasteiger partial charge on any atom is 0.244 e. The van der Waals surface area contributed by atoms with Crippen LogP contribution in [0.3, 0.4) is 0 Å². The number of carbonyl (C=O) groups excluding carboxylic acids is 2. The molecule has 3 aliphatic heterocycles. The van der Waals surface area contributed by atoms with E-state index in [1.54, 1.807) is 4.90 Å². The molecular formula is C20H25N3O4. The molecule has 0 saturated carbocycles. The quantitative estimate of drug-likeness (QED) is 0.811. The molecule has 1 aromatic carbocycles. The minimum Gasteiger partial charge on any atom is -0.347 e. The molecule has 1 aromatic rings. The third kappa shape index (κ3) is 3.89. The Bertz CT molecular complexity index is 743. The summed E-state index contributed by atoms with van der Waals surface area (Å²) in [6, 6.07) is 8.08. The van der Waals surface area contributed by atoms with E-state index in [9.17, 15) is 9.59 Å². The van der Waals surface area contributed by atoms with Crippen molar-refractivity contribution in [2.75, 3.05) is 32.8 Å². The molecule has 1 spiro atoms. The number of piperidine rings is 1. The Morgan fingerprint density at radius 2 is 1.78 bits per heavy atom. The van der Waals surface area contributed by atoms with Gasteiger partial charge in [-0.3, -0.25) is 9.59 Å². The number of rotatable bonds is 3. The predicted octanol–water partition coefficient (Wildman–Crippen LogP) is 1.69. The molecule has 0 radical (unpaired) electrons. The summed E-state index contributed by atoms with van der Waals surface area (Å²) in [5.41, 5.74) is 3.03. The number of carbonyl (C=O) groups is 2. The zero-order chi connectivity index (χ0) is 18.9. The van der Waals surface area contributed by atoms with Crippen molar-refractivity contribution in [3.8, 4) is 0 Å². The normalized spacial score (nSPS) is 22.3. The Labute approximate surface area is 158 Å². The van der Waals surface area contributed by atoms with Crippen LogP contribution in [0, 0.1) is 6.92 Å². The second kappa shape index (κ2) is 7.40. The highest BCUT2D eigenvalue weighted by atomic mass is 16.7. The summed E-state index contributed by atoms with van der Waals surface area (Å²) in [6.45, 7) is 4.42. The van der Waals surface area contributed by atoms with Crippen molar-refractivity contribution in [1.82, 2.24) is 9.91 Å². The second-order valence-corrected chi connectivity index (χ2v) is 7.35. The van der Waals surface area contributed by atoms with Gasteiger partial charge in [0.05, 0.1) is 18.9 Å². The largest absolute Gasteiger partial charge is 0.347 e. The van der Waals surface area contributed by atoms with Gasteiger partial charge >= 0.3 is 0 Å². The molecule has 2 amide bonds. The van der Waals surface area contributed by atoms with Gasteiger partial charge < -0.3 is 14.4 Å². The molecule has 0 unspecified atom stereocenters. The fourth-order valence-corrected chi connectivity index (χ4v) is 3.79. The number of benzene rings is 1. The van der Waals surface area contributed by atoms with E-state index in [-0.39, 0.29) is 18.4 Å². The first-order valence-corrected chi connectivity index (χ1v) is 9.55. The van der Waals surface area contributed by atoms with E-state index in [1.807, 2.05) is 31.2 Å². The number of hydrogen-bond donors (Lipinski definition) is 0. The van der Waals surface area contributed by atoms with Crippen molar-refractivity contribution < 1.29 is 19.1 Å². The number of hydrogen-bond acceptors (Lipinski definition) is 5. The van der Waals surface area contributed by atoms with Gasteiger partial charge in [0.15, 0.2) is 5.79 Å². The van der Waals surface area contributed by atoms with Crippen molar-refractivity contribution in [2.45, 2.75) is 38.4 Å². The molecule has 0 bridgehead atoms. The first kappa shape index (κ1) is 18.1. The van der Waals surface area contributed by atoms with E-state index in [2.05, 4.69) is 5.10 Å². The predicted molar refractivity (Wildman–Crippen MR) is 99.1 cm³/mol. The second-order valence-electron chi connectivity index (χ2n) is 7.35. The van der Waals surface area contributed by atoms with Crippen molar-refractivity contribution >= 4 is 17.5 Å². The van der Waals surface area contributed by atoms with Gasteiger partial charge in [0.25, 0.3) is 0 Å². The highest BCUT2D eigenvalue weighted by Gasteiger charge is 2.41. The maximum atomic E-state index is 12.7. The van der Waals surface area contributed by atoms with Gasteiger partial charge in [-0.15, -0.1) is 0 Å². The zero-order valence-corrected chi connectivity index (χ0v) is 15.6. The molecule has 3 heterocycles. The van der Waals surface area contributed by atoms with Crippen LogP contribution in [0.5, 0.6) is 0 Å². The molecule has 7 nitrogen and oxygen atoms in total. The third-order valence-electron chi connectivity index (χ3n) is 5.47. The molecule has 2 fully saturated rings. The summed E-state index contributed by atoms with van der Waals surface area (Å²) >= 11 is 0.